The summed E-state index contributed by atoms with van der Waals surface area (Å²) < 4.78 is 0. The van der Waals surface area contributed by atoms with Crippen molar-refractivity contribution in [1.82, 2.24) is 9.80 Å². The molecular weight excluding hydrogens is 228 g/mol. The molecule has 2 aliphatic rings. The van der Waals surface area contributed by atoms with Crippen LogP contribution >= 0.6 is 0 Å². The van der Waals surface area contributed by atoms with E-state index in [-0.39, 0.29) is 5.91 Å². The number of hydrogen-bond acceptors (Lipinski definition) is 3. The zero-order chi connectivity index (χ0) is 13.2. The molecule has 1 heterocycles. The van der Waals surface area contributed by atoms with Crippen LogP contribution in [0.3, 0.4) is 0 Å². The molecule has 4 heteroatoms. The summed E-state index contributed by atoms with van der Waals surface area (Å²) in [5.41, 5.74) is 0.0169. The maximum atomic E-state index is 11.9. The zero-order valence-electron chi connectivity index (χ0n) is 11.2. The Labute approximate surface area is 109 Å². The molecule has 100 valence electrons. The van der Waals surface area contributed by atoms with Gasteiger partial charge in [0.2, 0.25) is 0 Å². The van der Waals surface area contributed by atoms with E-state index in [1.54, 1.807) is 18.7 Å². The Morgan fingerprint density at radius 3 is 2.39 bits per heavy atom. The third-order valence-electron chi connectivity index (χ3n) is 3.43. The minimum Gasteiger partial charge on any atom is -0.381 e. The van der Waals surface area contributed by atoms with Gasteiger partial charge in [-0.05, 0) is 32.8 Å². The van der Waals surface area contributed by atoms with E-state index in [1.165, 1.54) is 5.70 Å². The van der Waals surface area contributed by atoms with Crippen LogP contribution in [-0.2, 0) is 4.79 Å². The maximum Gasteiger partial charge on any atom is 0.254 e. The van der Waals surface area contributed by atoms with Crippen LogP contribution in [0.5, 0.6) is 0 Å². The van der Waals surface area contributed by atoms with E-state index in [9.17, 15) is 9.90 Å². The van der Waals surface area contributed by atoms with E-state index in [0.717, 1.165) is 25.9 Å². The standard InChI is InChI=1S/C14H22N2O2/c1-14(2,18)13(17)16-10-8-15(9-11-16)12-6-4-3-5-7-12/h4,6-7,18H,3,5,8-11H2,1-2H3. The van der Waals surface area contributed by atoms with Crippen molar-refractivity contribution in [2.45, 2.75) is 32.3 Å². The molecule has 1 saturated heterocycles. The van der Waals surface area contributed by atoms with Crippen LogP contribution in [0, 0.1) is 0 Å². The fourth-order valence-electron chi connectivity index (χ4n) is 2.39. The molecule has 1 amide bonds. The molecule has 0 unspecified atom stereocenters. The quantitative estimate of drug-likeness (QED) is 0.799. The Balaban J connectivity index is 1.90. The highest BCUT2D eigenvalue weighted by molar-refractivity contribution is 5.84. The SMILES string of the molecule is CC(C)(O)C(=O)N1CCN(C2=CCCC=C2)CC1. The molecule has 2 rings (SSSR count). The largest absolute Gasteiger partial charge is 0.381 e. The first kappa shape index (κ1) is 13.1. The number of amides is 1. The second-order valence-electron chi connectivity index (χ2n) is 5.45. The van der Waals surface area contributed by atoms with Gasteiger partial charge in [0.25, 0.3) is 5.91 Å². The van der Waals surface area contributed by atoms with Gasteiger partial charge in [-0.15, -0.1) is 0 Å². The van der Waals surface area contributed by atoms with Gasteiger partial charge in [0.05, 0.1) is 0 Å². The molecule has 0 radical (unpaired) electrons. The van der Waals surface area contributed by atoms with E-state index in [4.69, 9.17) is 0 Å². The predicted octanol–water partition coefficient (Wildman–Crippen LogP) is 1.14. The Kier molecular flexibility index (Phi) is 3.76. The van der Waals surface area contributed by atoms with Crippen LogP contribution in [0.25, 0.3) is 0 Å². The van der Waals surface area contributed by atoms with Crippen molar-refractivity contribution in [2.24, 2.45) is 0 Å². The summed E-state index contributed by atoms with van der Waals surface area (Å²) in [6.07, 6.45) is 8.85. The normalized spacial score (nSPS) is 20.9. The monoisotopic (exact) mass is 250 g/mol. The van der Waals surface area contributed by atoms with Gasteiger partial charge in [-0.2, -0.15) is 0 Å². The van der Waals surface area contributed by atoms with Gasteiger partial charge in [0.1, 0.15) is 5.60 Å². The summed E-state index contributed by atoms with van der Waals surface area (Å²) in [5.74, 6) is -0.171. The van der Waals surface area contributed by atoms with Gasteiger partial charge in [0.15, 0.2) is 0 Å². The van der Waals surface area contributed by atoms with E-state index in [2.05, 4.69) is 23.1 Å². The summed E-state index contributed by atoms with van der Waals surface area (Å²) in [6.45, 7) is 6.17. The van der Waals surface area contributed by atoms with Crippen molar-refractivity contribution in [3.05, 3.63) is 23.9 Å². The Morgan fingerprint density at radius 1 is 1.22 bits per heavy atom. The third-order valence-corrected chi connectivity index (χ3v) is 3.43. The lowest BCUT2D eigenvalue weighted by Crippen LogP contribution is -2.53. The second-order valence-corrected chi connectivity index (χ2v) is 5.45. The van der Waals surface area contributed by atoms with Crippen LogP contribution in [0.1, 0.15) is 26.7 Å². The van der Waals surface area contributed by atoms with Crippen molar-refractivity contribution < 1.29 is 9.90 Å². The van der Waals surface area contributed by atoms with Gasteiger partial charge in [0, 0.05) is 31.9 Å². The van der Waals surface area contributed by atoms with Crippen LogP contribution in [0.15, 0.2) is 23.9 Å². The molecule has 1 fully saturated rings. The topological polar surface area (TPSA) is 43.8 Å². The van der Waals surface area contributed by atoms with E-state index < -0.39 is 5.60 Å². The summed E-state index contributed by atoms with van der Waals surface area (Å²) in [5, 5.41) is 9.73. The molecule has 1 aliphatic heterocycles. The molecule has 0 aromatic rings. The van der Waals surface area contributed by atoms with Crippen molar-refractivity contribution >= 4 is 5.91 Å². The molecular formula is C14H22N2O2. The van der Waals surface area contributed by atoms with Gasteiger partial charge in [-0.25, -0.2) is 0 Å². The molecule has 1 N–H and O–H groups in total. The van der Waals surface area contributed by atoms with Crippen molar-refractivity contribution in [1.29, 1.82) is 0 Å². The first-order chi connectivity index (χ1) is 8.48. The summed E-state index contributed by atoms with van der Waals surface area (Å²) in [7, 11) is 0. The number of hydrogen-bond donors (Lipinski definition) is 1. The first-order valence-electron chi connectivity index (χ1n) is 6.62. The fourth-order valence-corrected chi connectivity index (χ4v) is 2.39. The number of allylic oxidation sites excluding steroid dienone is 3. The number of piperazine rings is 1. The second kappa shape index (κ2) is 5.14. The molecule has 1 aliphatic carbocycles. The number of carbonyl (C=O) groups excluding carboxylic acids is 1. The summed E-state index contributed by atoms with van der Waals surface area (Å²) >= 11 is 0. The highest BCUT2D eigenvalue weighted by Gasteiger charge is 2.31. The maximum absolute atomic E-state index is 11.9. The van der Waals surface area contributed by atoms with Crippen LogP contribution in [0.4, 0.5) is 0 Å². The van der Waals surface area contributed by atoms with Crippen molar-refractivity contribution in [2.75, 3.05) is 26.2 Å². The Hall–Kier alpha value is -1.29. The van der Waals surface area contributed by atoms with Gasteiger partial charge in [-0.3, -0.25) is 4.79 Å². The van der Waals surface area contributed by atoms with Crippen LogP contribution < -0.4 is 0 Å². The molecule has 4 nitrogen and oxygen atoms in total. The minimum absolute atomic E-state index is 0.171. The average molecular weight is 250 g/mol. The number of carbonyl (C=O) groups is 1. The number of nitrogens with zero attached hydrogens (tertiary/aromatic N) is 2. The molecule has 0 saturated carbocycles. The smallest absolute Gasteiger partial charge is 0.254 e. The lowest BCUT2D eigenvalue weighted by molar-refractivity contribution is -0.149. The van der Waals surface area contributed by atoms with Gasteiger partial charge < -0.3 is 14.9 Å². The van der Waals surface area contributed by atoms with E-state index >= 15 is 0 Å². The molecule has 18 heavy (non-hydrogen) atoms. The third kappa shape index (κ3) is 2.93. The highest BCUT2D eigenvalue weighted by atomic mass is 16.3. The fraction of sp³-hybridized carbons (Fsp3) is 0.643. The van der Waals surface area contributed by atoms with Gasteiger partial charge in [-0.1, -0.05) is 12.2 Å². The lowest BCUT2D eigenvalue weighted by atomic mass is 10.1. The average Bonchev–Trinajstić information content (AvgIpc) is 2.38. The Bertz CT molecular complexity index is 372. The minimum atomic E-state index is -1.26. The van der Waals surface area contributed by atoms with Crippen molar-refractivity contribution in [3.63, 3.8) is 0 Å². The van der Waals surface area contributed by atoms with Crippen LogP contribution in [0.2, 0.25) is 0 Å². The summed E-state index contributed by atoms with van der Waals surface area (Å²) in [6, 6.07) is 0. The highest BCUT2D eigenvalue weighted by Crippen LogP contribution is 2.18. The van der Waals surface area contributed by atoms with Crippen molar-refractivity contribution in [3.8, 4) is 0 Å². The molecule has 0 atom stereocenters. The first-order valence-corrected chi connectivity index (χ1v) is 6.62. The van der Waals surface area contributed by atoms with E-state index in [1.807, 2.05) is 0 Å². The molecule has 0 bridgehead atoms. The lowest BCUT2D eigenvalue weighted by Gasteiger charge is -2.39. The Morgan fingerprint density at radius 2 is 1.89 bits per heavy atom. The number of rotatable bonds is 2. The van der Waals surface area contributed by atoms with E-state index in [0.29, 0.717) is 13.1 Å². The predicted molar refractivity (Wildman–Crippen MR) is 70.9 cm³/mol. The molecule has 0 spiro atoms. The molecule has 0 aromatic carbocycles. The number of aliphatic hydroxyl groups is 1. The van der Waals surface area contributed by atoms with Crippen LogP contribution in [-0.4, -0.2) is 52.6 Å². The summed E-state index contributed by atoms with van der Waals surface area (Å²) in [4.78, 5) is 16.0. The molecule has 0 aromatic heterocycles. The zero-order valence-corrected chi connectivity index (χ0v) is 11.2. The van der Waals surface area contributed by atoms with Gasteiger partial charge >= 0.3 is 0 Å².